The smallest absolute Gasteiger partial charge is 0.306 e. The van der Waals surface area contributed by atoms with Gasteiger partial charge in [-0.15, -0.1) is 0 Å². The van der Waals surface area contributed by atoms with E-state index in [0.717, 1.165) is 77.0 Å². The van der Waals surface area contributed by atoms with Crippen molar-refractivity contribution in [2.24, 2.45) is 0 Å². The summed E-state index contributed by atoms with van der Waals surface area (Å²) in [5, 5.41) is 0. The zero-order chi connectivity index (χ0) is 46.3. The summed E-state index contributed by atoms with van der Waals surface area (Å²) in [6.07, 6.45) is 69.5. The Balaban J connectivity index is 4.27. The van der Waals surface area contributed by atoms with Gasteiger partial charge in [0.15, 0.2) is 6.10 Å². The van der Waals surface area contributed by atoms with Gasteiger partial charge in [-0.2, -0.15) is 0 Å². The van der Waals surface area contributed by atoms with E-state index in [1.165, 1.54) is 167 Å². The summed E-state index contributed by atoms with van der Waals surface area (Å²) >= 11 is 0. The molecule has 0 fully saturated rings. The van der Waals surface area contributed by atoms with Crippen LogP contribution in [0.15, 0.2) is 60.8 Å². The quantitative estimate of drug-likeness (QED) is 0.0346. The SMILES string of the molecule is CC/C=C\C/C=C\C/C=C\CCCCCCOCC(COC(=O)CCCCCCCCCCC/C=C\CCCCCCCC)OC(=O)CCCCCCC/C=C\CCCCCCCC. The molecule has 0 aliphatic rings. The molecule has 0 heterocycles. The molecule has 0 bridgehead atoms. The summed E-state index contributed by atoms with van der Waals surface area (Å²) < 4.78 is 17.4. The van der Waals surface area contributed by atoms with E-state index in [1.54, 1.807) is 0 Å². The van der Waals surface area contributed by atoms with Crippen LogP contribution in [-0.4, -0.2) is 37.9 Å². The fourth-order valence-electron chi connectivity index (χ4n) is 7.87. The van der Waals surface area contributed by atoms with Gasteiger partial charge in [-0.3, -0.25) is 9.59 Å². The molecule has 5 nitrogen and oxygen atoms in total. The van der Waals surface area contributed by atoms with Crippen molar-refractivity contribution >= 4 is 11.9 Å². The van der Waals surface area contributed by atoms with Crippen LogP contribution in [0.25, 0.3) is 0 Å². The Labute approximate surface area is 398 Å². The van der Waals surface area contributed by atoms with E-state index in [1.807, 2.05) is 0 Å². The van der Waals surface area contributed by atoms with Crippen LogP contribution in [0.2, 0.25) is 0 Å². The van der Waals surface area contributed by atoms with E-state index in [9.17, 15) is 9.59 Å². The van der Waals surface area contributed by atoms with Crippen LogP contribution in [0.4, 0.5) is 0 Å². The minimum absolute atomic E-state index is 0.0723. The third-order valence-corrected chi connectivity index (χ3v) is 12.0. The maximum absolute atomic E-state index is 12.8. The lowest BCUT2D eigenvalue weighted by atomic mass is 10.1. The van der Waals surface area contributed by atoms with Crippen molar-refractivity contribution in [1.29, 1.82) is 0 Å². The molecule has 1 unspecified atom stereocenters. The predicted octanol–water partition coefficient (Wildman–Crippen LogP) is 18.9. The maximum atomic E-state index is 12.8. The van der Waals surface area contributed by atoms with Crippen LogP contribution in [-0.2, 0) is 23.8 Å². The first kappa shape index (κ1) is 61.6. The van der Waals surface area contributed by atoms with Gasteiger partial charge in [-0.1, -0.05) is 223 Å². The number of unbranched alkanes of at least 4 members (excludes halogenated alkanes) is 30. The van der Waals surface area contributed by atoms with Gasteiger partial charge in [0.2, 0.25) is 0 Å². The van der Waals surface area contributed by atoms with Crippen molar-refractivity contribution in [3.05, 3.63) is 60.8 Å². The van der Waals surface area contributed by atoms with E-state index in [4.69, 9.17) is 14.2 Å². The summed E-state index contributed by atoms with van der Waals surface area (Å²) in [7, 11) is 0. The second-order valence-electron chi connectivity index (χ2n) is 18.4. The Morgan fingerprint density at radius 2 is 0.703 bits per heavy atom. The highest BCUT2D eigenvalue weighted by atomic mass is 16.6. The van der Waals surface area contributed by atoms with Crippen LogP contribution >= 0.6 is 0 Å². The summed E-state index contributed by atoms with van der Waals surface area (Å²) in [5.41, 5.74) is 0. The average molecular weight is 895 g/mol. The molecule has 0 saturated carbocycles. The van der Waals surface area contributed by atoms with Gasteiger partial charge in [0.05, 0.1) is 6.61 Å². The number of hydrogen-bond donors (Lipinski definition) is 0. The Bertz CT molecular complexity index is 1100. The fourth-order valence-corrected chi connectivity index (χ4v) is 7.87. The Hall–Kier alpha value is -2.40. The zero-order valence-electron chi connectivity index (χ0n) is 42.8. The molecule has 0 aromatic carbocycles. The van der Waals surface area contributed by atoms with Crippen LogP contribution in [0.3, 0.4) is 0 Å². The van der Waals surface area contributed by atoms with Gasteiger partial charge in [0.25, 0.3) is 0 Å². The fraction of sp³-hybridized carbons (Fsp3) is 0.797. The molecule has 0 aromatic heterocycles. The highest BCUT2D eigenvalue weighted by molar-refractivity contribution is 5.70. The molecule has 0 aliphatic heterocycles. The summed E-state index contributed by atoms with van der Waals surface area (Å²) in [6, 6.07) is 0. The molecule has 0 aromatic rings. The lowest BCUT2D eigenvalue weighted by Gasteiger charge is -2.18. The van der Waals surface area contributed by atoms with Gasteiger partial charge in [0.1, 0.15) is 6.61 Å². The summed E-state index contributed by atoms with van der Waals surface area (Å²) in [5.74, 6) is -0.414. The molecule has 0 N–H and O–H groups in total. The lowest BCUT2D eigenvalue weighted by molar-refractivity contribution is -0.163. The van der Waals surface area contributed by atoms with Crippen molar-refractivity contribution in [2.45, 2.75) is 284 Å². The highest BCUT2D eigenvalue weighted by Gasteiger charge is 2.17. The van der Waals surface area contributed by atoms with Crippen molar-refractivity contribution in [3.8, 4) is 0 Å². The van der Waals surface area contributed by atoms with E-state index >= 15 is 0 Å². The van der Waals surface area contributed by atoms with Crippen LogP contribution in [0.1, 0.15) is 278 Å². The molecule has 0 saturated heterocycles. The molecule has 0 aliphatic carbocycles. The van der Waals surface area contributed by atoms with Crippen molar-refractivity contribution in [1.82, 2.24) is 0 Å². The molecular formula is C59H106O5. The number of allylic oxidation sites excluding steroid dienone is 10. The molecular weight excluding hydrogens is 789 g/mol. The highest BCUT2D eigenvalue weighted by Crippen LogP contribution is 2.15. The molecule has 1 atom stereocenters. The van der Waals surface area contributed by atoms with Crippen molar-refractivity contribution < 1.29 is 23.8 Å². The van der Waals surface area contributed by atoms with Gasteiger partial charge in [-0.05, 0) is 103 Å². The Kier molecular flexibility index (Phi) is 52.9. The topological polar surface area (TPSA) is 61.8 Å². The molecule has 0 spiro atoms. The first-order valence-corrected chi connectivity index (χ1v) is 27.8. The number of carbonyl (C=O) groups excluding carboxylic acids is 2. The number of ether oxygens (including phenoxy) is 3. The van der Waals surface area contributed by atoms with Crippen LogP contribution < -0.4 is 0 Å². The van der Waals surface area contributed by atoms with Crippen molar-refractivity contribution in [2.75, 3.05) is 19.8 Å². The number of hydrogen-bond acceptors (Lipinski definition) is 5. The Morgan fingerprint density at radius 3 is 1.14 bits per heavy atom. The zero-order valence-corrected chi connectivity index (χ0v) is 42.8. The van der Waals surface area contributed by atoms with Gasteiger partial charge in [0, 0.05) is 19.4 Å². The van der Waals surface area contributed by atoms with E-state index in [2.05, 4.69) is 81.5 Å². The largest absolute Gasteiger partial charge is 0.462 e. The Morgan fingerprint density at radius 1 is 0.359 bits per heavy atom. The first-order chi connectivity index (χ1) is 31.6. The van der Waals surface area contributed by atoms with Gasteiger partial charge in [-0.25, -0.2) is 0 Å². The molecule has 0 rings (SSSR count). The minimum Gasteiger partial charge on any atom is -0.462 e. The average Bonchev–Trinajstić information content (AvgIpc) is 3.30. The third-order valence-electron chi connectivity index (χ3n) is 12.0. The molecule has 0 amide bonds. The van der Waals surface area contributed by atoms with Crippen LogP contribution in [0, 0.1) is 0 Å². The van der Waals surface area contributed by atoms with Crippen LogP contribution in [0.5, 0.6) is 0 Å². The van der Waals surface area contributed by atoms with E-state index in [0.29, 0.717) is 19.4 Å². The second kappa shape index (κ2) is 54.9. The molecule has 64 heavy (non-hydrogen) atoms. The third kappa shape index (κ3) is 52.2. The monoisotopic (exact) mass is 895 g/mol. The number of rotatable bonds is 51. The maximum Gasteiger partial charge on any atom is 0.306 e. The predicted molar refractivity (Wildman–Crippen MR) is 279 cm³/mol. The number of esters is 2. The normalized spacial score (nSPS) is 12.6. The lowest BCUT2D eigenvalue weighted by Crippen LogP contribution is -2.30. The molecule has 372 valence electrons. The summed E-state index contributed by atoms with van der Waals surface area (Å²) in [4.78, 5) is 25.5. The summed E-state index contributed by atoms with van der Waals surface area (Å²) in [6.45, 7) is 7.68. The van der Waals surface area contributed by atoms with Gasteiger partial charge >= 0.3 is 11.9 Å². The first-order valence-electron chi connectivity index (χ1n) is 27.8. The van der Waals surface area contributed by atoms with E-state index in [-0.39, 0.29) is 25.2 Å². The van der Waals surface area contributed by atoms with E-state index < -0.39 is 6.10 Å². The molecule has 5 heteroatoms. The van der Waals surface area contributed by atoms with Gasteiger partial charge < -0.3 is 14.2 Å². The minimum atomic E-state index is -0.553. The number of carbonyl (C=O) groups is 2. The van der Waals surface area contributed by atoms with Crippen molar-refractivity contribution in [3.63, 3.8) is 0 Å². The standard InChI is InChI=1S/C59H106O5/c1-4-7-10-13-16-19-22-25-28-29-30-31-33-34-37-40-43-46-49-52-58(60)63-56-57(55-62-54-51-48-45-42-39-36-27-24-21-18-15-12-9-6-3)64-59(61)53-50-47-44-41-38-35-32-26-23-20-17-14-11-8-5-2/h9,12,18,21,25-28,32,36,57H,4-8,10-11,13-17,19-20,22-24,29-31,33-35,37-56H2,1-3H3/b12-9-,21-18-,28-25-,32-26-,36-27-. The second-order valence-corrected chi connectivity index (χ2v) is 18.4. The molecule has 0 radical (unpaired) electrons.